The Balaban J connectivity index is 2.63. The SMILES string of the molecule is CCCC(CCO)CNc1ncnc(N)c1CC. The molecule has 1 rings (SSSR count). The van der Waals surface area contributed by atoms with E-state index in [4.69, 9.17) is 10.8 Å². The predicted molar refractivity (Wildman–Crippen MR) is 74.4 cm³/mol. The molecule has 0 aliphatic heterocycles. The Hall–Kier alpha value is -1.36. The van der Waals surface area contributed by atoms with Gasteiger partial charge in [-0.1, -0.05) is 20.3 Å². The summed E-state index contributed by atoms with van der Waals surface area (Å²) in [7, 11) is 0. The maximum Gasteiger partial charge on any atom is 0.134 e. The van der Waals surface area contributed by atoms with Crippen molar-refractivity contribution in [3.63, 3.8) is 0 Å². The van der Waals surface area contributed by atoms with Crippen molar-refractivity contribution >= 4 is 11.6 Å². The lowest BCUT2D eigenvalue weighted by molar-refractivity contribution is 0.255. The summed E-state index contributed by atoms with van der Waals surface area (Å²) in [4.78, 5) is 8.23. The van der Waals surface area contributed by atoms with Gasteiger partial charge in [0, 0.05) is 18.7 Å². The van der Waals surface area contributed by atoms with Crippen LogP contribution >= 0.6 is 0 Å². The van der Waals surface area contributed by atoms with Gasteiger partial charge < -0.3 is 16.2 Å². The second kappa shape index (κ2) is 7.87. The average Bonchev–Trinajstić information content (AvgIpc) is 2.36. The van der Waals surface area contributed by atoms with Crippen molar-refractivity contribution in [2.75, 3.05) is 24.2 Å². The van der Waals surface area contributed by atoms with Crippen LogP contribution in [0, 0.1) is 5.92 Å². The highest BCUT2D eigenvalue weighted by Gasteiger charge is 2.10. The number of nitrogens with one attached hydrogen (secondary N) is 1. The van der Waals surface area contributed by atoms with Crippen molar-refractivity contribution in [1.29, 1.82) is 0 Å². The molecule has 0 amide bonds. The minimum Gasteiger partial charge on any atom is -0.396 e. The van der Waals surface area contributed by atoms with Crippen LogP contribution in [0.15, 0.2) is 6.33 Å². The minimum atomic E-state index is 0.235. The summed E-state index contributed by atoms with van der Waals surface area (Å²) in [5, 5.41) is 12.4. The molecule has 1 aromatic rings. The van der Waals surface area contributed by atoms with E-state index in [1.165, 1.54) is 6.33 Å². The molecule has 0 aromatic carbocycles. The molecule has 1 aromatic heterocycles. The number of aliphatic hydroxyl groups excluding tert-OH is 1. The number of nitrogens with two attached hydrogens (primary N) is 1. The van der Waals surface area contributed by atoms with Gasteiger partial charge in [-0.2, -0.15) is 0 Å². The highest BCUT2D eigenvalue weighted by atomic mass is 16.3. The van der Waals surface area contributed by atoms with Crippen molar-refractivity contribution in [3.05, 3.63) is 11.9 Å². The molecule has 5 nitrogen and oxygen atoms in total. The first-order chi connectivity index (χ1) is 8.72. The Bertz CT molecular complexity index is 351. The van der Waals surface area contributed by atoms with Crippen molar-refractivity contribution in [1.82, 2.24) is 9.97 Å². The van der Waals surface area contributed by atoms with E-state index < -0.39 is 0 Å². The van der Waals surface area contributed by atoms with Crippen LogP contribution in [0.5, 0.6) is 0 Å². The summed E-state index contributed by atoms with van der Waals surface area (Å²) in [6.07, 6.45) is 5.35. The first-order valence-electron chi connectivity index (χ1n) is 6.66. The topological polar surface area (TPSA) is 84.1 Å². The van der Waals surface area contributed by atoms with Crippen molar-refractivity contribution in [2.24, 2.45) is 5.92 Å². The maximum atomic E-state index is 9.03. The predicted octanol–water partition coefficient (Wildman–Crippen LogP) is 1.83. The molecule has 0 aliphatic carbocycles. The van der Waals surface area contributed by atoms with Crippen LogP contribution in [0.1, 0.15) is 38.7 Å². The van der Waals surface area contributed by atoms with E-state index in [0.717, 1.165) is 43.6 Å². The van der Waals surface area contributed by atoms with Gasteiger partial charge in [-0.15, -0.1) is 0 Å². The van der Waals surface area contributed by atoms with Crippen LogP contribution in [-0.4, -0.2) is 28.2 Å². The Morgan fingerprint density at radius 1 is 1.33 bits per heavy atom. The molecule has 1 atom stereocenters. The molecule has 5 heteroatoms. The zero-order chi connectivity index (χ0) is 13.4. The van der Waals surface area contributed by atoms with E-state index in [0.29, 0.717) is 11.7 Å². The van der Waals surface area contributed by atoms with E-state index in [1.807, 2.05) is 6.92 Å². The van der Waals surface area contributed by atoms with E-state index in [9.17, 15) is 0 Å². The van der Waals surface area contributed by atoms with Crippen molar-refractivity contribution < 1.29 is 5.11 Å². The van der Waals surface area contributed by atoms with E-state index in [2.05, 4.69) is 22.2 Å². The van der Waals surface area contributed by atoms with Gasteiger partial charge in [0.15, 0.2) is 0 Å². The third-order valence-electron chi connectivity index (χ3n) is 3.12. The molecule has 0 saturated heterocycles. The lowest BCUT2D eigenvalue weighted by atomic mass is 10.0. The molecule has 0 radical (unpaired) electrons. The first kappa shape index (κ1) is 14.7. The fourth-order valence-corrected chi connectivity index (χ4v) is 2.11. The fraction of sp³-hybridized carbons (Fsp3) is 0.692. The number of hydrogen-bond donors (Lipinski definition) is 3. The summed E-state index contributed by atoms with van der Waals surface area (Å²) in [6, 6.07) is 0. The Labute approximate surface area is 109 Å². The normalized spacial score (nSPS) is 12.4. The highest BCUT2D eigenvalue weighted by molar-refractivity contribution is 5.54. The third-order valence-corrected chi connectivity index (χ3v) is 3.12. The second-order valence-electron chi connectivity index (χ2n) is 4.49. The van der Waals surface area contributed by atoms with Crippen LogP contribution in [0.25, 0.3) is 0 Å². The zero-order valence-corrected chi connectivity index (χ0v) is 11.3. The molecule has 1 heterocycles. The van der Waals surface area contributed by atoms with Crippen LogP contribution < -0.4 is 11.1 Å². The second-order valence-corrected chi connectivity index (χ2v) is 4.49. The minimum absolute atomic E-state index is 0.235. The molecule has 0 spiro atoms. The summed E-state index contributed by atoms with van der Waals surface area (Å²) < 4.78 is 0. The van der Waals surface area contributed by atoms with Crippen LogP contribution in [0.4, 0.5) is 11.6 Å². The third kappa shape index (κ3) is 4.14. The van der Waals surface area contributed by atoms with E-state index in [-0.39, 0.29) is 6.61 Å². The van der Waals surface area contributed by atoms with E-state index >= 15 is 0 Å². The summed E-state index contributed by atoms with van der Waals surface area (Å²) in [6.45, 7) is 5.25. The number of rotatable bonds is 8. The van der Waals surface area contributed by atoms with Gasteiger partial charge in [0.1, 0.15) is 18.0 Å². The van der Waals surface area contributed by atoms with Gasteiger partial charge in [0.2, 0.25) is 0 Å². The molecule has 1 unspecified atom stereocenters. The molecule has 0 saturated carbocycles. The Morgan fingerprint density at radius 3 is 2.72 bits per heavy atom. The molecule has 0 fully saturated rings. The molecule has 4 N–H and O–H groups in total. The molecular weight excluding hydrogens is 228 g/mol. The van der Waals surface area contributed by atoms with E-state index in [1.54, 1.807) is 0 Å². The standard InChI is InChI=1S/C13H24N4O/c1-3-5-10(6-7-18)8-15-13-11(4-2)12(14)16-9-17-13/h9-10,18H,3-8H2,1-2H3,(H3,14,15,16,17). The number of nitrogens with zero attached hydrogens (tertiary/aromatic N) is 2. The Morgan fingerprint density at radius 2 is 2.11 bits per heavy atom. The van der Waals surface area contributed by atoms with Gasteiger partial charge in [0.25, 0.3) is 0 Å². The van der Waals surface area contributed by atoms with Gasteiger partial charge in [0.05, 0.1) is 0 Å². The largest absolute Gasteiger partial charge is 0.396 e. The molecule has 18 heavy (non-hydrogen) atoms. The van der Waals surface area contributed by atoms with Crippen LogP contribution in [0.3, 0.4) is 0 Å². The number of aliphatic hydroxyl groups is 1. The highest BCUT2D eigenvalue weighted by Crippen LogP contribution is 2.19. The summed E-state index contributed by atoms with van der Waals surface area (Å²) in [5.74, 6) is 1.84. The maximum absolute atomic E-state index is 9.03. The van der Waals surface area contributed by atoms with Crippen molar-refractivity contribution in [2.45, 2.75) is 39.5 Å². The van der Waals surface area contributed by atoms with Crippen molar-refractivity contribution in [3.8, 4) is 0 Å². The lowest BCUT2D eigenvalue weighted by Gasteiger charge is -2.17. The molecular formula is C13H24N4O. The van der Waals surface area contributed by atoms with Gasteiger partial charge in [-0.25, -0.2) is 9.97 Å². The number of hydrogen-bond acceptors (Lipinski definition) is 5. The fourth-order valence-electron chi connectivity index (χ4n) is 2.11. The number of nitrogen functional groups attached to an aromatic ring is 1. The van der Waals surface area contributed by atoms with Gasteiger partial charge in [-0.05, 0) is 25.2 Å². The Kier molecular flexibility index (Phi) is 6.43. The van der Waals surface area contributed by atoms with Gasteiger partial charge >= 0.3 is 0 Å². The van der Waals surface area contributed by atoms with Crippen LogP contribution in [0.2, 0.25) is 0 Å². The average molecular weight is 252 g/mol. The quantitative estimate of drug-likeness (QED) is 0.657. The summed E-state index contributed by atoms with van der Waals surface area (Å²) in [5.41, 5.74) is 6.79. The molecule has 102 valence electrons. The summed E-state index contributed by atoms with van der Waals surface area (Å²) >= 11 is 0. The number of aromatic nitrogens is 2. The number of anilines is 2. The van der Waals surface area contributed by atoms with Crippen LogP contribution in [-0.2, 0) is 6.42 Å². The lowest BCUT2D eigenvalue weighted by Crippen LogP contribution is -2.18. The smallest absolute Gasteiger partial charge is 0.134 e. The van der Waals surface area contributed by atoms with Gasteiger partial charge in [-0.3, -0.25) is 0 Å². The molecule has 0 aliphatic rings. The first-order valence-corrected chi connectivity index (χ1v) is 6.66. The zero-order valence-electron chi connectivity index (χ0n) is 11.3. The molecule has 0 bridgehead atoms. The monoisotopic (exact) mass is 252 g/mol.